The summed E-state index contributed by atoms with van der Waals surface area (Å²) in [6, 6.07) is 10.5. The average molecular weight is 364 g/mol. The number of rotatable bonds is 8. The van der Waals surface area contributed by atoms with Crippen LogP contribution in [0.4, 0.5) is 0 Å². The van der Waals surface area contributed by atoms with Gasteiger partial charge in [0.05, 0.1) is 6.54 Å². The van der Waals surface area contributed by atoms with Crippen LogP contribution in [0.25, 0.3) is 0 Å². The van der Waals surface area contributed by atoms with Crippen molar-refractivity contribution >= 4 is 16.8 Å². The van der Waals surface area contributed by atoms with Crippen LogP contribution in [0.15, 0.2) is 35.3 Å². The highest BCUT2D eigenvalue weighted by Gasteiger charge is 2.21. The molecule has 4 nitrogen and oxygen atoms in total. The maximum atomic E-state index is 12.2. The molecular weight excluding hydrogens is 330 g/mol. The molecule has 1 aromatic carbocycles. The van der Waals surface area contributed by atoms with E-state index in [1.165, 1.54) is 32.1 Å². The second-order valence-corrected chi connectivity index (χ2v) is 8.39. The van der Waals surface area contributed by atoms with Gasteiger partial charge in [0.25, 0.3) is 0 Å². The molecule has 1 fully saturated rings. The molecule has 0 spiro atoms. The summed E-state index contributed by atoms with van der Waals surface area (Å²) in [4.78, 5) is 4.64. The zero-order chi connectivity index (χ0) is 17.9. The van der Waals surface area contributed by atoms with Crippen molar-refractivity contribution in [2.24, 2.45) is 10.9 Å². The van der Waals surface area contributed by atoms with E-state index in [0.29, 0.717) is 24.1 Å². The van der Waals surface area contributed by atoms with Gasteiger partial charge in [-0.2, -0.15) is 0 Å². The topological polar surface area (TPSA) is 53.5 Å². The molecule has 25 heavy (non-hydrogen) atoms. The minimum atomic E-state index is -0.868. The number of nitrogens with one attached hydrogen (secondary N) is 2. The van der Waals surface area contributed by atoms with Crippen LogP contribution in [0.1, 0.15) is 51.5 Å². The van der Waals surface area contributed by atoms with Gasteiger partial charge in [0.15, 0.2) is 5.96 Å². The molecule has 1 aliphatic carbocycles. The Morgan fingerprint density at radius 3 is 2.76 bits per heavy atom. The molecule has 3 unspecified atom stereocenters. The van der Waals surface area contributed by atoms with Gasteiger partial charge in [0.2, 0.25) is 0 Å². The number of guanidine groups is 1. The lowest BCUT2D eigenvalue weighted by Gasteiger charge is -2.30. The zero-order valence-corrected chi connectivity index (χ0v) is 16.5. The molecule has 0 bridgehead atoms. The molecule has 140 valence electrons. The smallest absolute Gasteiger partial charge is 0.191 e. The van der Waals surface area contributed by atoms with Crippen LogP contribution < -0.4 is 10.6 Å². The highest BCUT2D eigenvalue weighted by Crippen LogP contribution is 2.26. The minimum Gasteiger partial charge on any atom is -0.357 e. The van der Waals surface area contributed by atoms with E-state index in [0.717, 1.165) is 24.0 Å². The van der Waals surface area contributed by atoms with Gasteiger partial charge in [0, 0.05) is 34.9 Å². The van der Waals surface area contributed by atoms with Gasteiger partial charge in [-0.1, -0.05) is 56.5 Å². The molecule has 1 aromatic rings. The zero-order valence-electron chi connectivity index (χ0n) is 15.7. The van der Waals surface area contributed by atoms with Crippen LogP contribution in [-0.4, -0.2) is 35.1 Å². The van der Waals surface area contributed by atoms with Gasteiger partial charge in [-0.25, -0.2) is 0 Å². The van der Waals surface area contributed by atoms with E-state index in [1.807, 2.05) is 30.3 Å². The minimum absolute atomic E-state index is 0.520. The predicted octanol–water partition coefficient (Wildman–Crippen LogP) is 3.46. The Morgan fingerprint density at radius 1 is 1.24 bits per heavy atom. The summed E-state index contributed by atoms with van der Waals surface area (Å²) >= 11 is 0. The molecule has 1 saturated carbocycles. The van der Waals surface area contributed by atoms with Crippen LogP contribution in [0.3, 0.4) is 0 Å². The average Bonchev–Trinajstić information content (AvgIpc) is 2.63. The SMILES string of the molecule is CCNC(=NCCS(=O)Cc1ccccc1)NC1CCCC(CC)C1. The van der Waals surface area contributed by atoms with E-state index < -0.39 is 10.8 Å². The first-order valence-corrected chi connectivity index (χ1v) is 11.1. The van der Waals surface area contributed by atoms with E-state index in [1.54, 1.807) is 0 Å². The molecule has 0 saturated heterocycles. The molecule has 0 amide bonds. The molecule has 0 aliphatic heterocycles. The fourth-order valence-electron chi connectivity index (χ4n) is 3.40. The summed E-state index contributed by atoms with van der Waals surface area (Å²) in [5.41, 5.74) is 1.13. The molecule has 0 heterocycles. The molecule has 0 radical (unpaired) electrons. The monoisotopic (exact) mass is 363 g/mol. The van der Waals surface area contributed by atoms with E-state index in [4.69, 9.17) is 0 Å². The standard InChI is InChI=1S/C20H33N3OS/c1-3-17-11-8-12-19(15-17)23-20(21-4-2)22-13-14-25(24)16-18-9-6-5-7-10-18/h5-7,9-10,17,19H,3-4,8,11-16H2,1-2H3,(H2,21,22,23). The maximum absolute atomic E-state index is 12.2. The first kappa shape index (κ1) is 20.0. The second kappa shape index (κ2) is 11.3. The van der Waals surface area contributed by atoms with Crippen molar-refractivity contribution in [3.8, 4) is 0 Å². The summed E-state index contributed by atoms with van der Waals surface area (Å²) < 4.78 is 12.2. The van der Waals surface area contributed by atoms with Crippen molar-refractivity contribution in [2.45, 2.75) is 57.7 Å². The van der Waals surface area contributed by atoms with Crippen LogP contribution >= 0.6 is 0 Å². The number of hydrogen-bond acceptors (Lipinski definition) is 2. The number of hydrogen-bond donors (Lipinski definition) is 2. The Morgan fingerprint density at radius 2 is 2.04 bits per heavy atom. The van der Waals surface area contributed by atoms with Crippen molar-refractivity contribution in [1.82, 2.24) is 10.6 Å². The Bertz CT molecular complexity index is 547. The first-order chi connectivity index (χ1) is 12.2. The van der Waals surface area contributed by atoms with E-state index in [-0.39, 0.29) is 0 Å². The number of nitrogens with zero attached hydrogens (tertiary/aromatic N) is 1. The molecule has 2 rings (SSSR count). The summed E-state index contributed by atoms with van der Waals surface area (Å²) in [5.74, 6) is 2.93. The summed E-state index contributed by atoms with van der Waals surface area (Å²) in [6.07, 6.45) is 6.39. The molecular formula is C20H33N3OS. The van der Waals surface area contributed by atoms with E-state index in [9.17, 15) is 4.21 Å². The van der Waals surface area contributed by atoms with Crippen LogP contribution in [0.2, 0.25) is 0 Å². The van der Waals surface area contributed by atoms with Gasteiger partial charge in [0.1, 0.15) is 0 Å². The summed E-state index contributed by atoms with van der Waals surface area (Å²) in [5, 5.41) is 6.91. The van der Waals surface area contributed by atoms with Gasteiger partial charge >= 0.3 is 0 Å². The van der Waals surface area contributed by atoms with Gasteiger partial charge in [-0.05, 0) is 31.2 Å². The summed E-state index contributed by atoms with van der Waals surface area (Å²) in [6.45, 7) is 5.82. The lowest BCUT2D eigenvalue weighted by molar-refractivity contribution is 0.298. The molecule has 3 atom stereocenters. The molecule has 1 aliphatic rings. The Kier molecular flexibility index (Phi) is 9.02. The third kappa shape index (κ3) is 7.59. The van der Waals surface area contributed by atoms with Crippen LogP contribution in [-0.2, 0) is 16.6 Å². The fraction of sp³-hybridized carbons (Fsp3) is 0.650. The fourth-order valence-corrected chi connectivity index (χ4v) is 4.40. The maximum Gasteiger partial charge on any atom is 0.191 e. The van der Waals surface area contributed by atoms with E-state index >= 15 is 0 Å². The molecule has 0 aromatic heterocycles. The predicted molar refractivity (Wildman–Crippen MR) is 108 cm³/mol. The number of benzene rings is 1. The summed E-state index contributed by atoms with van der Waals surface area (Å²) in [7, 11) is -0.868. The Labute approximate surface area is 155 Å². The van der Waals surface area contributed by atoms with Crippen molar-refractivity contribution < 1.29 is 4.21 Å². The van der Waals surface area contributed by atoms with Crippen LogP contribution in [0, 0.1) is 5.92 Å². The highest BCUT2D eigenvalue weighted by molar-refractivity contribution is 7.84. The van der Waals surface area contributed by atoms with Crippen molar-refractivity contribution in [2.75, 3.05) is 18.8 Å². The highest BCUT2D eigenvalue weighted by atomic mass is 32.2. The van der Waals surface area contributed by atoms with E-state index in [2.05, 4.69) is 29.5 Å². The van der Waals surface area contributed by atoms with Gasteiger partial charge < -0.3 is 10.6 Å². The second-order valence-electron chi connectivity index (χ2n) is 6.82. The third-order valence-corrected chi connectivity index (χ3v) is 6.10. The Balaban J connectivity index is 1.79. The lowest BCUT2D eigenvalue weighted by atomic mass is 9.84. The van der Waals surface area contributed by atoms with Gasteiger partial charge in [-0.15, -0.1) is 0 Å². The molecule has 5 heteroatoms. The third-order valence-electron chi connectivity index (χ3n) is 4.80. The lowest BCUT2D eigenvalue weighted by Crippen LogP contribution is -2.45. The Hall–Kier alpha value is -1.36. The van der Waals surface area contributed by atoms with Crippen LogP contribution in [0.5, 0.6) is 0 Å². The molecule has 2 N–H and O–H groups in total. The van der Waals surface area contributed by atoms with Crippen molar-refractivity contribution in [3.05, 3.63) is 35.9 Å². The quantitative estimate of drug-likeness (QED) is 0.549. The number of aliphatic imine (C=N–C) groups is 1. The largest absolute Gasteiger partial charge is 0.357 e. The normalized spacial score (nSPS) is 22.4. The van der Waals surface area contributed by atoms with Gasteiger partial charge in [-0.3, -0.25) is 9.20 Å². The van der Waals surface area contributed by atoms with Crippen molar-refractivity contribution in [1.29, 1.82) is 0 Å². The van der Waals surface area contributed by atoms with Crippen molar-refractivity contribution in [3.63, 3.8) is 0 Å². The first-order valence-electron chi connectivity index (χ1n) is 9.65.